The van der Waals surface area contributed by atoms with E-state index < -0.39 is 16.1 Å². The van der Waals surface area contributed by atoms with Crippen molar-refractivity contribution in [3.05, 3.63) is 94.5 Å². The average Bonchev–Trinajstić information content (AvgIpc) is 3.20. The molecule has 0 saturated carbocycles. The van der Waals surface area contributed by atoms with Crippen molar-refractivity contribution in [3.63, 3.8) is 0 Å². The third-order valence-corrected chi connectivity index (χ3v) is 7.01. The topological polar surface area (TPSA) is 59.0 Å². The second kappa shape index (κ2) is 8.00. The Kier molecular flexibility index (Phi) is 5.43. The number of sulfonamides is 1. The standard InChI is InChI=1S/C22H19BrN2O3S/c1-28-22-13-6-5-12-19(22)21-15-20(16-8-7-9-17(23)14-16)24-25(21)29(26,27)18-10-3-2-4-11-18/h2-14,21H,15H2,1H3. The maximum Gasteiger partial charge on any atom is 0.279 e. The molecule has 1 aliphatic heterocycles. The summed E-state index contributed by atoms with van der Waals surface area (Å²) < 4.78 is 34.5. The van der Waals surface area contributed by atoms with Crippen LogP contribution in [0, 0.1) is 0 Å². The Bertz CT molecular complexity index is 1160. The van der Waals surface area contributed by atoms with Crippen molar-refractivity contribution in [1.82, 2.24) is 4.41 Å². The molecule has 5 nitrogen and oxygen atoms in total. The first kappa shape index (κ1) is 19.7. The summed E-state index contributed by atoms with van der Waals surface area (Å²) in [6, 6.07) is 23.0. The quantitative estimate of drug-likeness (QED) is 0.527. The molecule has 0 saturated heterocycles. The minimum Gasteiger partial charge on any atom is -0.496 e. The Labute approximate surface area is 178 Å². The molecule has 29 heavy (non-hydrogen) atoms. The number of hydrazone groups is 1. The number of halogens is 1. The Hall–Kier alpha value is -2.64. The SMILES string of the molecule is COc1ccccc1C1CC(c2cccc(Br)c2)=NN1S(=O)(=O)c1ccccc1. The van der Waals surface area contributed by atoms with Gasteiger partial charge in [0.25, 0.3) is 10.0 Å². The highest BCUT2D eigenvalue weighted by molar-refractivity contribution is 9.10. The van der Waals surface area contributed by atoms with Crippen molar-refractivity contribution < 1.29 is 13.2 Å². The van der Waals surface area contributed by atoms with Gasteiger partial charge in [0.15, 0.2) is 0 Å². The number of nitrogens with zero attached hydrogens (tertiary/aromatic N) is 2. The average molecular weight is 471 g/mol. The van der Waals surface area contributed by atoms with E-state index in [4.69, 9.17) is 4.74 Å². The molecule has 7 heteroatoms. The number of para-hydroxylation sites is 1. The maximum absolute atomic E-state index is 13.4. The third kappa shape index (κ3) is 3.80. The fourth-order valence-corrected chi connectivity index (χ4v) is 5.27. The van der Waals surface area contributed by atoms with Crippen LogP contribution in [0.1, 0.15) is 23.6 Å². The highest BCUT2D eigenvalue weighted by Gasteiger charge is 2.38. The van der Waals surface area contributed by atoms with Gasteiger partial charge in [-0.15, -0.1) is 0 Å². The van der Waals surface area contributed by atoms with E-state index >= 15 is 0 Å². The van der Waals surface area contributed by atoms with E-state index in [0.717, 1.165) is 15.6 Å². The first-order valence-electron chi connectivity index (χ1n) is 9.06. The van der Waals surface area contributed by atoms with Crippen LogP contribution in [0.2, 0.25) is 0 Å². The van der Waals surface area contributed by atoms with E-state index in [-0.39, 0.29) is 4.90 Å². The first-order chi connectivity index (χ1) is 14.0. The predicted molar refractivity (Wildman–Crippen MR) is 116 cm³/mol. The summed E-state index contributed by atoms with van der Waals surface area (Å²) in [5, 5.41) is 4.57. The molecule has 1 aliphatic rings. The van der Waals surface area contributed by atoms with Crippen LogP contribution in [-0.2, 0) is 10.0 Å². The summed E-state index contributed by atoms with van der Waals surface area (Å²) in [4.78, 5) is 0.208. The normalized spacial score (nSPS) is 16.6. The molecular formula is C22H19BrN2O3S. The molecule has 148 valence electrons. The van der Waals surface area contributed by atoms with Crippen LogP contribution in [0.5, 0.6) is 5.75 Å². The minimum absolute atomic E-state index is 0.208. The third-order valence-electron chi connectivity index (χ3n) is 4.82. The van der Waals surface area contributed by atoms with E-state index in [9.17, 15) is 8.42 Å². The summed E-state index contributed by atoms with van der Waals surface area (Å²) in [7, 11) is -2.25. The molecule has 0 fully saturated rings. The summed E-state index contributed by atoms with van der Waals surface area (Å²) in [5.41, 5.74) is 2.37. The molecule has 0 spiro atoms. The highest BCUT2D eigenvalue weighted by Crippen LogP contribution is 2.40. The molecule has 1 heterocycles. The van der Waals surface area contributed by atoms with Gasteiger partial charge >= 0.3 is 0 Å². The van der Waals surface area contributed by atoms with Crippen molar-refractivity contribution in [1.29, 1.82) is 0 Å². The second-order valence-corrected chi connectivity index (χ2v) is 9.32. The van der Waals surface area contributed by atoms with Gasteiger partial charge in [0.05, 0.1) is 23.8 Å². The van der Waals surface area contributed by atoms with Crippen LogP contribution < -0.4 is 4.74 Å². The summed E-state index contributed by atoms with van der Waals surface area (Å²) in [6.07, 6.45) is 0.447. The number of ether oxygens (including phenoxy) is 1. The van der Waals surface area contributed by atoms with Crippen molar-refractivity contribution in [2.24, 2.45) is 5.10 Å². The molecule has 3 aromatic carbocycles. The molecule has 0 N–H and O–H groups in total. The number of rotatable bonds is 5. The largest absolute Gasteiger partial charge is 0.496 e. The zero-order valence-electron chi connectivity index (χ0n) is 15.7. The van der Waals surface area contributed by atoms with Gasteiger partial charge in [0.2, 0.25) is 0 Å². The Morgan fingerprint density at radius 2 is 1.72 bits per heavy atom. The van der Waals surface area contributed by atoms with Gasteiger partial charge in [-0.25, -0.2) is 0 Å². The summed E-state index contributed by atoms with van der Waals surface area (Å²) >= 11 is 3.48. The lowest BCUT2D eigenvalue weighted by Crippen LogP contribution is -2.27. The Morgan fingerprint density at radius 1 is 1.00 bits per heavy atom. The molecule has 0 bridgehead atoms. The van der Waals surface area contributed by atoms with Crippen LogP contribution in [0.3, 0.4) is 0 Å². The van der Waals surface area contributed by atoms with Crippen molar-refractivity contribution >= 4 is 31.7 Å². The molecule has 0 radical (unpaired) electrons. The van der Waals surface area contributed by atoms with E-state index in [1.54, 1.807) is 37.4 Å². The fraction of sp³-hybridized carbons (Fsp3) is 0.136. The van der Waals surface area contributed by atoms with Gasteiger partial charge in [-0.2, -0.15) is 17.9 Å². The Morgan fingerprint density at radius 3 is 2.45 bits per heavy atom. The molecule has 0 amide bonds. The number of benzene rings is 3. The lowest BCUT2D eigenvalue weighted by atomic mass is 9.98. The molecule has 0 aliphatic carbocycles. The van der Waals surface area contributed by atoms with Crippen LogP contribution >= 0.6 is 15.9 Å². The van der Waals surface area contributed by atoms with Crippen LogP contribution in [0.15, 0.2) is 93.3 Å². The van der Waals surface area contributed by atoms with Gasteiger partial charge in [-0.3, -0.25) is 0 Å². The number of hydrogen-bond donors (Lipinski definition) is 0. The maximum atomic E-state index is 13.4. The predicted octanol–water partition coefficient (Wildman–Crippen LogP) is 5.00. The van der Waals surface area contributed by atoms with Gasteiger partial charge in [0.1, 0.15) is 5.75 Å². The molecule has 3 aromatic rings. The van der Waals surface area contributed by atoms with Gasteiger partial charge in [-0.1, -0.05) is 64.5 Å². The smallest absolute Gasteiger partial charge is 0.279 e. The molecule has 0 aromatic heterocycles. The molecule has 1 atom stereocenters. The van der Waals surface area contributed by atoms with Crippen LogP contribution in [0.4, 0.5) is 0 Å². The fourth-order valence-electron chi connectivity index (χ4n) is 3.43. The van der Waals surface area contributed by atoms with E-state index in [1.165, 1.54) is 4.41 Å². The number of hydrogen-bond acceptors (Lipinski definition) is 4. The zero-order chi connectivity index (χ0) is 20.4. The van der Waals surface area contributed by atoms with Gasteiger partial charge < -0.3 is 4.74 Å². The van der Waals surface area contributed by atoms with E-state index in [0.29, 0.717) is 17.9 Å². The molecule has 4 rings (SSSR count). The first-order valence-corrected chi connectivity index (χ1v) is 11.3. The summed E-state index contributed by atoms with van der Waals surface area (Å²) in [6.45, 7) is 0. The lowest BCUT2D eigenvalue weighted by molar-refractivity contribution is 0.350. The van der Waals surface area contributed by atoms with Crippen LogP contribution in [-0.4, -0.2) is 25.7 Å². The minimum atomic E-state index is -3.83. The van der Waals surface area contributed by atoms with Gasteiger partial charge in [-0.05, 0) is 35.9 Å². The van der Waals surface area contributed by atoms with E-state index in [2.05, 4.69) is 21.0 Å². The van der Waals surface area contributed by atoms with Crippen molar-refractivity contribution in [3.8, 4) is 5.75 Å². The summed E-state index contributed by atoms with van der Waals surface area (Å²) in [5.74, 6) is 0.636. The monoisotopic (exact) mass is 470 g/mol. The number of methoxy groups -OCH3 is 1. The highest BCUT2D eigenvalue weighted by atomic mass is 79.9. The lowest BCUT2D eigenvalue weighted by Gasteiger charge is -2.24. The van der Waals surface area contributed by atoms with E-state index in [1.807, 2.05) is 48.5 Å². The second-order valence-electron chi connectivity index (χ2n) is 6.61. The molecule has 1 unspecified atom stereocenters. The van der Waals surface area contributed by atoms with Crippen molar-refractivity contribution in [2.45, 2.75) is 17.4 Å². The van der Waals surface area contributed by atoms with Crippen molar-refractivity contribution in [2.75, 3.05) is 7.11 Å². The molecular weight excluding hydrogens is 452 g/mol. The zero-order valence-corrected chi connectivity index (χ0v) is 18.1. The van der Waals surface area contributed by atoms with Gasteiger partial charge in [0, 0.05) is 16.5 Å². The Balaban J connectivity index is 1.84. The van der Waals surface area contributed by atoms with Crippen LogP contribution in [0.25, 0.3) is 0 Å².